The van der Waals surface area contributed by atoms with Crippen molar-refractivity contribution in [3.63, 3.8) is 0 Å². The fourth-order valence-electron chi connectivity index (χ4n) is 3.20. The van der Waals surface area contributed by atoms with Crippen molar-refractivity contribution in [2.75, 3.05) is 7.11 Å². The maximum absolute atomic E-state index is 13.4. The number of nitriles is 1. The van der Waals surface area contributed by atoms with Crippen LogP contribution in [0.15, 0.2) is 58.3 Å². The Balaban J connectivity index is 2.29. The highest BCUT2D eigenvalue weighted by Crippen LogP contribution is 2.27. The summed E-state index contributed by atoms with van der Waals surface area (Å²) in [6, 6.07) is 15.5. The van der Waals surface area contributed by atoms with Gasteiger partial charge >= 0.3 is 0 Å². The fraction of sp³-hybridized carbons (Fsp3) is 0.182. The number of pyridine rings is 1. The van der Waals surface area contributed by atoms with E-state index in [0.717, 1.165) is 6.21 Å². The lowest BCUT2D eigenvalue weighted by atomic mass is 10.1. The van der Waals surface area contributed by atoms with Crippen LogP contribution in [0.3, 0.4) is 0 Å². The van der Waals surface area contributed by atoms with Crippen LogP contribution >= 0.6 is 11.6 Å². The quantitative estimate of drug-likeness (QED) is 0.464. The second kappa shape index (κ2) is 8.80. The average Bonchev–Trinajstić information content (AvgIpc) is 2.74. The van der Waals surface area contributed by atoms with Crippen molar-refractivity contribution in [3.05, 3.63) is 69.6 Å². The number of aromatic nitrogens is 1. The Morgan fingerprint density at radius 3 is 2.63 bits per heavy atom. The molecule has 8 heteroatoms. The van der Waals surface area contributed by atoms with E-state index in [9.17, 15) is 4.79 Å². The highest BCUT2D eigenvalue weighted by molar-refractivity contribution is 6.35. The third kappa shape index (κ3) is 3.91. The maximum atomic E-state index is 13.4. The summed E-state index contributed by atoms with van der Waals surface area (Å²) < 4.78 is 6.74. The van der Waals surface area contributed by atoms with E-state index in [4.69, 9.17) is 32.7 Å². The number of hydrogen-bond donors (Lipinski definition) is 2. The number of methoxy groups -OCH3 is 1. The first kappa shape index (κ1) is 21.1. The van der Waals surface area contributed by atoms with E-state index in [1.807, 2.05) is 12.1 Å². The minimum Gasteiger partial charge on any atom is -0.497 e. The van der Waals surface area contributed by atoms with E-state index in [0.29, 0.717) is 32.9 Å². The van der Waals surface area contributed by atoms with E-state index in [1.54, 1.807) is 56.5 Å². The third-order valence-corrected chi connectivity index (χ3v) is 5.07. The van der Waals surface area contributed by atoms with Crippen LogP contribution in [0, 0.1) is 22.7 Å². The van der Waals surface area contributed by atoms with Crippen LogP contribution in [0.2, 0.25) is 5.02 Å². The zero-order valence-electron chi connectivity index (χ0n) is 16.5. The minimum absolute atomic E-state index is 0.0138. The Bertz CT molecular complexity index is 1230. The fourth-order valence-corrected chi connectivity index (χ4v) is 3.47. The first-order valence-corrected chi connectivity index (χ1v) is 9.51. The highest BCUT2D eigenvalue weighted by Gasteiger charge is 2.19. The summed E-state index contributed by atoms with van der Waals surface area (Å²) in [5, 5.41) is 17.9. The van der Waals surface area contributed by atoms with Crippen LogP contribution < -0.4 is 16.0 Å². The van der Waals surface area contributed by atoms with E-state index in [1.165, 1.54) is 4.57 Å². The van der Waals surface area contributed by atoms with Gasteiger partial charge in [0.15, 0.2) is 0 Å². The van der Waals surface area contributed by atoms with Gasteiger partial charge in [0, 0.05) is 11.9 Å². The topological polar surface area (TPSA) is 117 Å². The Morgan fingerprint density at radius 1 is 1.33 bits per heavy atom. The van der Waals surface area contributed by atoms with Gasteiger partial charge in [-0.2, -0.15) is 5.26 Å². The number of halogens is 1. The molecule has 2 atom stereocenters. The molecule has 0 bridgehead atoms. The molecule has 0 fully saturated rings. The number of hydrogen-bond acceptors (Lipinski definition) is 5. The average molecular weight is 422 g/mol. The van der Waals surface area contributed by atoms with Gasteiger partial charge < -0.3 is 15.9 Å². The lowest BCUT2D eigenvalue weighted by molar-refractivity contribution is 0.414. The van der Waals surface area contributed by atoms with Gasteiger partial charge in [-0.15, -0.1) is 0 Å². The van der Waals surface area contributed by atoms with Crippen molar-refractivity contribution in [1.29, 1.82) is 10.7 Å². The zero-order valence-corrected chi connectivity index (χ0v) is 17.2. The molecule has 0 aliphatic heterocycles. The van der Waals surface area contributed by atoms with E-state index in [-0.39, 0.29) is 11.4 Å². The van der Waals surface area contributed by atoms with Gasteiger partial charge in [0.1, 0.15) is 17.5 Å². The zero-order chi connectivity index (χ0) is 21.8. The molecule has 30 heavy (non-hydrogen) atoms. The molecule has 1 aromatic heterocycles. The molecule has 2 unspecified atom stereocenters. The third-order valence-electron chi connectivity index (χ3n) is 4.75. The largest absolute Gasteiger partial charge is 0.497 e. The SMILES string of the molecule is COc1ccc(-n2c(C(C)N=C(N)C(C#N)C=N)cc3cccc(Cl)c3c2=O)cc1. The van der Waals surface area contributed by atoms with Crippen molar-refractivity contribution in [3.8, 4) is 17.5 Å². The molecule has 0 saturated heterocycles. The highest BCUT2D eigenvalue weighted by atomic mass is 35.5. The van der Waals surface area contributed by atoms with Gasteiger partial charge in [-0.1, -0.05) is 23.7 Å². The molecule has 3 rings (SSSR count). The number of amidine groups is 1. The van der Waals surface area contributed by atoms with Gasteiger partial charge in [0.2, 0.25) is 0 Å². The summed E-state index contributed by atoms with van der Waals surface area (Å²) in [4.78, 5) is 17.8. The molecule has 0 spiro atoms. The van der Waals surface area contributed by atoms with E-state index in [2.05, 4.69) is 4.99 Å². The minimum atomic E-state index is -0.927. The summed E-state index contributed by atoms with van der Waals surface area (Å²) in [7, 11) is 1.57. The number of nitrogens with zero attached hydrogens (tertiary/aromatic N) is 3. The van der Waals surface area contributed by atoms with Crippen LogP contribution in [0.5, 0.6) is 5.75 Å². The van der Waals surface area contributed by atoms with Gasteiger partial charge in [-0.3, -0.25) is 14.4 Å². The lowest BCUT2D eigenvalue weighted by Gasteiger charge is -2.19. The van der Waals surface area contributed by atoms with Crippen molar-refractivity contribution in [1.82, 2.24) is 4.57 Å². The summed E-state index contributed by atoms with van der Waals surface area (Å²) in [5.41, 5.74) is 6.83. The second-order valence-corrected chi connectivity index (χ2v) is 7.02. The molecule has 2 aromatic carbocycles. The van der Waals surface area contributed by atoms with E-state index >= 15 is 0 Å². The van der Waals surface area contributed by atoms with Gasteiger partial charge in [0.05, 0.1) is 35.3 Å². The van der Waals surface area contributed by atoms with Crippen LogP contribution in [0.25, 0.3) is 16.5 Å². The molecule has 0 saturated carbocycles. The molecular formula is C22H20ClN5O2. The molecule has 7 nitrogen and oxygen atoms in total. The summed E-state index contributed by atoms with van der Waals surface area (Å²) >= 11 is 6.32. The second-order valence-electron chi connectivity index (χ2n) is 6.62. The van der Waals surface area contributed by atoms with E-state index < -0.39 is 12.0 Å². The van der Waals surface area contributed by atoms with Crippen LogP contribution in [-0.4, -0.2) is 23.7 Å². The van der Waals surface area contributed by atoms with Gasteiger partial charge in [0.25, 0.3) is 5.56 Å². The van der Waals surface area contributed by atoms with Crippen LogP contribution in [-0.2, 0) is 0 Å². The predicted molar refractivity (Wildman–Crippen MR) is 119 cm³/mol. The van der Waals surface area contributed by atoms with Crippen LogP contribution in [0.1, 0.15) is 18.7 Å². The molecule has 0 amide bonds. The summed E-state index contributed by atoms with van der Waals surface area (Å²) in [6.45, 7) is 1.77. The first-order chi connectivity index (χ1) is 14.4. The molecule has 3 N–H and O–H groups in total. The molecule has 0 aliphatic rings. The number of nitrogens with one attached hydrogen (secondary N) is 1. The number of aliphatic imine (C=N–C) groups is 1. The van der Waals surface area contributed by atoms with Crippen molar-refractivity contribution in [2.24, 2.45) is 16.6 Å². The van der Waals surface area contributed by atoms with Crippen molar-refractivity contribution in [2.45, 2.75) is 13.0 Å². The number of ether oxygens (including phenoxy) is 1. The Morgan fingerprint density at radius 2 is 2.03 bits per heavy atom. The monoisotopic (exact) mass is 421 g/mol. The Hall–Kier alpha value is -3.63. The lowest BCUT2D eigenvalue weighted by Crippen LogP contribution is -2.26. The number of fused-ring (bicyclic) bond motifs is 1. The van der Waals surface area contributed by atoms with Gasteiger partial charge in [-0.05, 0) is 48.7 Å². The van der Waals surface area contributed by atoms with Crippen molar-refractivity contribution < 1.29 is 4.74 Å². The number of nitrogens with two attached hydrogens (primary N) is 1. The van der Waals surface area contributed by atoms with Gasteiger partial charge in [-0.25, -0.2) is 0 Å². The first-order valence-electron chi connectivity index (χ1n) is 9.13. The maximum Gasteiger partial charge on any atom is 0.264 e. The molecule has 152 valence electrons. The Labute approximate surface area is 178 Å². The molecular weight excluding hydrogens is 402 g/mol. The summed E-state index contributed by atoms with van der Waals surface area (Å²) in [5.74, 6) is -0.256. The molecule has 3 aromatic rings. The number of rotatable bonds is 6. The number of benzene rings is 2. The molecule has 0 aliphatic carbocycles. The standard InChI is InChI=1S/C22H20ClN5O2/c1-13(27-21(26)15(11-24)12-25)19-10-14-4-3-5-18(23)20(14)22(29)28(19)16-6-8-17(30-2)9-7-16/h3-11,13,15,24H,1-2H3,(H2,26,27). The van der Waals surface area contributed by atoms with Crippen LogP contribution in [0.4, 0.5) is 0 Å². The molecule has 0 radical (unpaired) electrons. The smallest absolute Gasteiger partial charge is 0.264 e. The summed E-state index contributed by atoms with van der Waals surface area (Å²) in [6.07, 6.45) is 0.933. The normalized spacial score (nSPS) is 13.5. The predicted octanol–water partition coefficient (Wildman–Crippen LogP) is 3.86. The molecule has 1 heterocycles. The Kier molecular flexibility index (Phi) is 6.19. The van der Waals surface area contributed by atoms with Crippen molar-refractivity contribution >= 4 is 34.4 Å².